The maximum absolute atomic E-state index is 13.0. The number of nitrogens with zero attached hydrogens (tertiary/aromatic N) is 1. The number of fused-ring (bicyclic) bond motifs is 1. The maximum atomic E-state index is 13.0. The number of amides is 1. The Kier molecular flexibility index (Phi) is 5.33. The zero-order valence-corrected chi connectivity index (χ0v) is 15.4. The molecule has 1 amide bonds. The Balaban J connectivity index is 1.58. The lowest BCUT2D eigenvalue weighted by atomic mass is 9.95. The van der Waals surface area contributed by atoms with Crippen LogP contribution in [0.25, 0.3) is 10.9 Å². The normalized spacial score (nSPS) is 14.8. The zero-order chi connectivity index (χ0) is 18.5. The van der Waals surface area contributed by atoms with Crippen molar-refractivity contribution in [2.24, 2.45) is 0 Å². The number of carbonyl (C=O) groups is 1. The van der Waals surface area contributed by atoms with E-state index in [0.29, 0.717) is 18.1 Å². The van der Waals surface area contributed by atoms with Gasteiger partial charge in [0, 0.05) is 17.5 Å². The Morgan fingerprint density at radius 3 is 2.56 bits per heavy atom. The van der Waals surface area contributed by atoms with Crippen molar-refractivity contribution < 1.29 is 9.53 Å². The van der Waals surface area contributed by atoms with Gasteiger partial charge in [-0.3, -0.25) is 4.79 Å². The molecular formula is C23H24N2O2. The van der Waals surface area contributed by atoms with Crippen molar-refractivity contribution in [2.75, 3.05) is 0 Å². The molecule has 1 aliphatic carbocycles. The third-order valence-electron chi connectivity index (χ3n) is 5.11. The zero-order valence-electron chi connectivity index (χ0n) is 15.4. The Morgan fingerprint density at radius 2 is 1.74 bits per heavy atom. The molecule has 1 fully saturated rings. The first-order chi connectivity index (χ1) is 13.3. The highest BCUT2D eigenvalue weighted by molar-refractivity contribution is 6.06. The van der Waals surface area contributed by atoms with Crippen LogP contribution in [0.1, 0.15) is 48.0 Å². The van der Waals surface area contributed by atoms with Crippen LogP contribution in [0.2, 0.25) is 0 Å². The minimum atomic E-state index is -0.0370. The molecule has 0 spiro atoms. The van der Waals surface area contributed by atoms with Crippen LogP contribution in [-0.4, -0.2) is 16.9 Å². The molecule has 4 rings (SSSR count). The number of hydrogen-bond donors (Lipinski definition) is 1. The van der Waals surface area contributed by atoms with Crippen LogP contribution in [0.15, 0.2) is 60.7 Å². The van der Waals surface area contributed by atoms with E-state index in [0.717, 1.165) is 29.3 Å². The SMILES string of the molecule is O=C(NC1CCCCC1)c1cc(OCc2ccccc2)nc2ccccc12. The predicted molar refractivity (Wildman–Crippen MR) is 107 cm³/mol. The van der Waals surface area contributed by atoms with E-state index in [9.17, 15) is 4.79 Å². The maximum Gasteiger partial charge on any atom is 0.252 e. The molecule has 1 saturated carbocycles. The molecule has 1 aromatic heterocycles. The highest BCUT2D eigenvalue weighted by Crippen LogP contribution is 2.24. The Hall–Kier alpha value is -2.88. The van der Waals surface area contributed by atoms with Crippen molar-refractivity contribution >= 4 is 16.8 Å². The lowest BCUT2D eigenvalue weighted by molar-refractivity contribution is 0.0929. The third-order valence-corrected chi connectivity index (χ3v) is 5.11. The van der Waals surface area contributed by atoms with Gasteiger partial charge in [0.05, 0.1) is 11.1 Å². The second-order valence-electron chi connectivity index (χ2n) is 7.11. The lowest BCUT2D eigenvalue weighted by Crippen LogP contribution is -2.36. The number of benzene rings is 2. The Labute approximate surface area is 159 Å². The standard InChI is InChI=1S/C23H24N2O2/c26-23(24-18-11-5-2-6-12-18)20-15-22(25-21-14-8-7-13-19(20)21)27-16-17-9-3-1-4-10-17/h1,3-4,7-10,13-15,18H,2,5-6,11-12,16H2,(H,24,26). The first-order valence-electron chi connectivity index (χ1n) is 9.67. The van der Waals surface area contributed by atoms with E-state index in [1.165, 1.54) is 19.3 Å². The molecule has 1 N–H and O–H groups in total. The van der Waals surface area contributed by atoms with Gasteiger partial charge in [-0.2, -0.15) is 0 Å². The van der Waals surface area contributed by atoms with Gasteiger partial charge in [-0.05, 0) is 24.5 Å². The minimum Gasteiger partial charge on any atom is -0.473 e. The van der Waals surface area contributed by atoms with Crippen molar-refractivity contribution in [3.63, 3.8) is 0 Å². The molecule has 1 heterocycles. The molecule has 0 radical (unpaired) electrons. The molecule has 3 aromatic rings. The summed E-state index contributed by atoms with van der Waals surface area (Å²) in [7, 11) is 0. The van der Waals surface area contributed by atoms with Crippen LogP contribution < -0.4 is 10.1 Å². The van der Waals surface area contributed by atoms with Gasteiger partial charge in [0.1, 0.15) is 6.61 Å². The van der Waals surface area contributed by atoms with Crippen molar-refractivity contribution in [3.8, 4) is 5.88 Å². The van der Waals surface area contributed by atoms with E-state index < -0.39 is 0 Å². The van der Waals surface area contributed by atoms with E-state index in [1.807, 2.05) is 54.6 Å². The van der Waals surface area contributed by atoms with E-state index in [2.05, 4.69) is 10.3 Å². The first kappa shape index (κ1) is 17.5. The molecule has 0 unspecified atom stereocenters. The monoisotopic (exact) mass is 360 g/mol. The van der Waals surface area contributed by atoms with Crippen molar-refractivity contribution in [1.29, 1.82) is 0 Å². The van der Waals surface area contributed by atoms with E-state index in [1.54, 1.807) is 6.07 Å². The fourth-order valence-electron chi connectivity index (χ4n) is 3.65. The topological polar surface area (TPSA) is 51.2 Å². The molecule has 1 aliphatic rings. The molecule has 0 atom stereocenters. The summed E-state index contributed by atoms with van der Waals surface area (Å²) < 4.78 is 5.89. The summed E-state index contributed by atoms with van der Waals surface area (Å²) in [5.74, 6) is 0.441. The number of hydrogen-bond acceptors (Lipinski definition) is 3. The van der Waals surface area contributed by atoms with Crippen molar-refractivity contribution in [2.45, 2.75) is 44.8 Å². The summed E-state index contributed by atoms with van der Waals surface area (Å²) in [6.07, 6.45) is 5.77. The molecule has 138 valence electrons. The van der Waals surface area contributed by atoms with Gasteiger partial charge in [-0.15, -0.1) is 0 Å². The van der Waals surface area contributed by atoms with Crippen LogP contribution in [0.5, 0.6) is 5.88 Å². The molecule has 0 bridgehead atoms. The summed E-state index contributed by atoms with van der Waals surface area (Å²) in [6.45, 7) is 0.426. The molecule has 4 heteroatoms. The van der Waals surface area contributed by atoms with E-state index in [-0.39, 0.29) is 11.9 Å². The Bertz CT molecular complexity index is 918. The average molecular weight is 360 g/mol. The summed E-state index contributed by atoms with van der Waals surface area (Å²) >= 11 is 0. The quantitative estimate of drug-likeness (QED) is 0.706. The fraction of sp³-hybridized carbons (Fsp3) is 0.304. The van der Waals surface area contributed by atoms with Gasteiger partial charge >= 0.3 is 0 Å². The molecule has 0 saturated heterocycles. The molecule has 4 nitrogen and oxygen atoms in total. The highest BCUT2D eigenvalue weighted by atomic mass is 16.5. The van der Waals surface area contributed by atoms with Crippen LogP contribution in [-0.2, 0) is 6.61 Å². The Morgan fingerprint density at radius 1 is 1.00 bits per heavy atom. The van der Waals surface area contributed by atoms with Gasteiger partial charge in [0.2, 0.25) is 5.88 Å². The van der Waals surface area contributed by atoms with Gasteiger partial charge < -0.3 is 10.1 Å². The first-order valence-corrected chi connectivity index (χ1v) is 9.67. The summed E-state index contributed by atoms with van der Waals surface area (Å²) in [5.41, 5.74) is 2.48. The number of ether oxygens (including phenoxy) is 1. The minimum absolute atomic E-state index is 0.0370. The highest BCUT2D eigenvalue weighted by Gasteiger charge is 2.19. The van der Waals surface area contributed by atoms with Gasteiger partial charge in [0.25, 0.3) is 5.91 Å². The summed E-state index contributed by atoms with van der Waals surface area (Å²) in [4.78, 5) is 17.5. The second kappa shape index (κ2) is 8.21. The average Bonchev–Trinajstić information content (AvgIpc) is 2.73. The van der Waals surface area contributed by atoms with E-state index in [4.69, 9.17) is 4.74 Å². The van der Waals surface area contributed by atoms with Gasteiger partial charge in [0.15, 0.2) is 0 Å². The molecule has 27 heavy (non-hydrogen) atoms. The number of carbonyl (C=O) groups excluding carboxylic acids is 1. The number of para-hydroxylation sites is 1. The van der Waals surface area contributed by atoms with Crippen LogP contribution in [0.4, 0.5) is 0 Å². The summed E-state index contributed by atoms with van der Waals surface area (Å²) in [5, 5.41) is 4.07. The molecular weight excluding hydrogens is 336 g/mol. The van der Waals surface area contributed by atoms with E-state index >= 15 is 0 Å². The molecule has 0 aliphatic heterocycles. The van der Waals surface area contributed by atoms with Crippen molar-refractivity contribution in [3.05, 3.63) is 71.8 Å². The second-order valence-corrected chi connectivity index (χ2v) is 7.11. The number of rotatable bonds is 5. The fourth-order valence-corrected chi connectivity index (χ4v) is 3.65. The molecule has 2 aromatic carbocycles. The van der Waals surface area contributed by atoms with Gasteiger partial charge in [-0.1, -0.05) is 67.8 Å². The van der Waals surface area contributed by atoms with Crippen molar-refractivity contribution in [1.82, 2.24) is 10.3 Å². The number of aromatic nitrogens is 1. The number of pyridine rings is 1. The third kappa shape index (κ3) is 4.27. The van der Waals surface area contributed by atoms with Crippen LogP contribution >= 0.6 is 0 Å². The van der Waals surface area contributed by atoms with Crippen LogP contribution in [0, 0.1) is 0 Å². The summed E-state index contributed by atoms with van der Waals surface area (Å²) in [6, 6.07) is 19.7. The lowest BCUT2D eigenvalue weighted by Gasteiger charge is -2.23. The van der Waals surface area contributed by atoms with Gasteiger partial charge in [-0.25, -0.2) is 4.98 Å². The largest absolute Gasteiger partial charge is 0.473 e. The smallest absolute Gasteiger partial charge is 0.252 e. The predicted octanol–water partition coefficient (Wildman–Crippen LogP) is 4.88. The number of nitrogens with one attached hydrogen (secondary N) is 1. The van der Waals surface area contributed by atoms with Crippen LogP contribution in [0.3, 0.4) is 0 Å².